The van der Waals surface area contributed by atoms with Gasteiger partial charge in [-0.1, -0.05) is 17.3 Å². The van der Waals surface area contributed by atoms with Crippen molar-refractivity contribution in [3.63, 3.8) is 0 Å². The van der Waals surface area contributed by atoms with E-state index in [9.17, 15) is 4.79 Å². The lowest BCUT2D eigenvalue weighted by atomic mass is 10.1. The molecule has 1 unspecified atom stereocenters. The van der Waals surface area contributed by atoms with Crippen LogP contribution in [-0.4, -0.2) is 54.9 Å². The normalized spacial score (nSPS) is 19.0. The van der Waals surface area contributed by atoms with Crippen molar-refractivity contribution in [2.45, 2.75) is 12.6 Å². The third-order valence-corrected chi connectivity index (χ3v) is 5.14. The maximum Gasteiger partial charge on any atom is 0.265 e. The van der Waals surface area contributed by atoms with Crippen LogP contribution in [0.1, 0.15) is 5.69 Å². The smallest absolute Gasteiger partial charge is 0.265 e. The van der Waals surface area contributed by atoms with Gasteiger partial charge in [-0.2, -0.15) is 0 Å². The van der Waals surface area contributed by atoms with E-state index in [0.29, 0.717) is 56.7 Å². The molecule has 1 saturated heterocycles. The van der Waals surface area contributed by atoms with Crippen LogP contribution in [0.25, 0.3) is 11.5 Å². The monoisotopic (exact) mass is 395 g/mol. The lowest BCUT2D eigenvalue weighted by Crippen LogP contribution is -2.52. The molecule has 1 atom stereocenters. The predicted molar refractivity (Wildman–Crippen MR) is 104 cm³/mol. The topological polar surface area (TPSA) is 81.2 Å². The number of carbonyl (C=O) groups excluding carboxylic acids is 1. The van der Waals surface area contributed by atoms with Crippen molar-refractivity contribution in [3.8, 4) is 17.3 Å². The van der Waals surface area contributed by atoms with Crippen LogP contribution in [0.2, 0.25) is 0 Å². The first-order chi connectivity index (χ1) is 14.3. The van der Waals surface area contributed by atoms with E-state index in [-0.39, 0.29) is 5.91 Å². The standard InChI is InChI=1S/C21H21N3O5/c25-21(23-7-10-26-11-8-23)20-14-24(16-4-1-2-5-17(16)28-20)13-15-12-19(29-22-15)18-6-3-9-27-18/h1-6,9,12,20H,7-8,10-11,13-14H2. The number of furan rings is 1. The van der Waals surface area contributed by atoms with Crippen LogP contribution in [0.4, 0.5) is 5.69 Å². The number of hydrogen-bond donors (Lipinski definition) is 0. The molecule has 1 fully saturated rings. The molecule has 8 nitrogen and oxygen atoms in total. The summed E-state index contributed by atoms with van der Waals surface area (Å²) in [6.45, 7) is 3.25. The number of morpholine rings is 1. The maximum atomic E-state index is 13.0. The third kappa shape index (κ3) is 3.58. The van der Waals surface area contributed by atoms with E-state index >= 15 is 0 Å². The Morgan fingerprint density at radius 3 is 2.79 bits per heavy atom. The molecule has 2 aromatic heterocycles. The number of para-hydroxylation sites is 2. The number of amides is 1. The molecular formula is C21H21N3O5. The summed E-state index contributed by atoms with van der Waals surface area (Å²) in [4.78, 5) is 16.9. The molecule has 29 heavy (non-hydrogen) atoms. The van der Waals surface area contributed by atoms with Crippen molar-refractivity contribution < 1.29 is 23.2 Å². The van der Waals surface area contributed by atoms with E-state index in [2.05, 4.69) is 10.1 Å². The Kier molecular flexibility index (Phi) is 4.69. The van der Waals surface area contributed by atoms with Gasteiger partial charge in [0.05, 0.1) is 38.3 Å². The number of aromatic nitrogens is 1. The van der Waals surface area contributed by atoms with Crippen LogP contribution in [0.5, 0.6) is 5.75 Å². The van der Waals surface area contributed by atoms with Crippen molar-refractivity contribution in [2.24, 2.45) is 0 Å². The average molecular weight is 395 g/mol. The van der Waals surface area contributed by atoms with Crippen molar-refractivity contribution in [3.05, 3.63) is 54.4 Å². The SMILES string of the molecule is O=C(C1CN(Cc2cc(-c3ccco3)on2)c2ccccc2O1)N1CCOCC1. The van der Waals surface area contributed by atoms with Crippen molar-refractivity contribution in [1.29, 1.82) is 0 Å². The Labute approximate surface area is 167 Å². The van der Waals surface area contributed by atoms with E-state index in [1.54, 1.807) is 12.3 Å². The van der Waals surface area contributed by atoms with Gasteiger partial charge in [0.2, 0.25) is 5.76 Å². The van der Waals surface area contributed by atoms with Gasteiger partial charge < -0.3 is 28.2 Å². The van der Waals surface area contributed by atoms with Crippen LogP contribution in [0.15, 0.2) is 57.7 Å². The molecule has 3 aromatic rings. The highest BCUT2D eigenvalue weighted by molar-refractivity contribution is 5.83. The van der Waals surface area contributed by atoms with Crippen molar-refractivity contribution in [2.75, 3.05) is 37.7 Å². The summed E-state index contributed by atoms with van der Waals surface area (Å²) in [6, 6.07) is 13.2. The zero-order chi connectivity index (χ0) is 19.6. The first-order valence-electron chi connectivity index (χ1n) is 9.64. The Balaban J connectivity index is 1.37. The van der Waals surface area contributed by atoms with E-state index in [1.807, 2.05) is 41.3 Å². The molecule has 0 N–H and O–H groups in total. The fourth-order valence-corrected chi connectivity index (χ4v) is 3.69. The molecule has 150 valence electrons. The minimum atomic E-state index is -0.570. The number of hydrogen-bond acceptors (Lipinski definition) is 7. The van der Waals surface area contributed by atoms with Crippen LogP contribution in [0.3, 0.4) is 0 Å². The van der Waals surface area contributed by atoms with E-state index in [4.69, 9.17) is 18.4 Å². The van der Waals surface area contributed by atoms with Gasteiger partial charge in [-0.05, 0) is 24.3 Å². The Hall–Kier alpha value is -3.26. The van der Waals surface area contributed by atoms with Gasteiger partial charge in [0.25, 0.3) is 5.91 Å². The van der Waals surface area contributed by atoms with E-state index in [0.717, 1.165) is 11.4 Å². The highest BCUT2D eigenvalue weighted by atomic mass is 16.5. The molecule has 0 aliphatic carbocycles. The number of benzene rings is 1. The highest BCUT2D eigenvalue weighted by Gasteiger charge is 2.34. The summed E-state index contributed by atoms with van der Waals surface area (Å²) in [5.74, 6) is 1.89. The molecule has 0 radical (unpaired) electrons. The fourth-order valence-electron chi connectivity index (χ4n) is 3.69. The minimum Gasteiger partial charge on any atom is -0.477 e. The molecule has 0 spiro atoms. The van der Waals surface area contributed by atoms with Crippen LogP contribution in [0, 0.1) is 0 Å². The summed E-state index contributed by atoms with van der Waals surface area (Å²) in [5.41, 5.74) is 1.69. The highest BCUT2D eigenvalue weighted by Crippen LogP contribution is 2.35. The summed E-state index contributed by atoms with van der Waals surface area (Å²) in [5, 5.41) is 4.17. The van der Waals surface area contributed by atoms with Crippen molar-refractivity contribution >= 4 is 11.6 Å². The van der Waals surface area contributed by atoms with E-state index < -0.39 is 6.10 Å². The lowest BCUT2D eigenvalue weighted by molar-refractivity contribution is -0.142. The first-order valence-corrected chi connectivity index (χ1v) is 9.64. The summed E-state index contributed by atoms with van der Waals surface area (Å²) >= 11 is 0. The fraction of sp³-hybridized carbons (Fsp3) is 0.333. The molecule has 4 heterocycles. The summed E-state index contributed by atoms with van der Waals surface area (Å²) in [6.07, 6.45) is 1.02. The molecule has 1 amide bonds. The second-order valence-electron chi connectivity index (χ2n) is 7.05. The summed E-state index contributed by atoms with van der Waals surface area (Å²) < 4.78 is 22.2. The molecule has 1 aromatic carbocycles. The lowest BCUT2D eigenvalue weighted by Gasteiger charge is -2.38. The van der Waals surface area contributed by atoms with Gasteiger partial charge in [0, 0.05) is 19.2 Å². The molecule has 0 bridgehead atoms. The summed E-state index contributed by atoms with van der Waals surface area (Å²) in [7, 11) is 0. The largest absolute Gasteiger partial charge is 0.477 e. The van der Waals surface area contributed by atoms with Gasteiger partial charge in [-0.25, -0.2) is 0 Å². The first kappa shape index (κ1) is 17.8. The van der Waals surface area contributed by atoms with Gasteiger partial charge in [0.1, 0.15) is 11.4 Å². The molecular weight excluding hydrogens is 374 g/mol. The average Bonchev–Trinajstić information content (AvgIpc) is 3.46. The van der Waals surface area contributed by atoms with Gasteiger partial charge in [-0.15, -0.1) is 0 Å². The Bertz CT molecular complexity index is 978. The predicted octanol–water partition coefficient (Wildman–Crippen LogP) is 2.56. The van der Waals surface area contributed by atoms with Crippen LogP contribution >= 0.6 is 0 Å². The number of ether oxygens (including phenoxy) is 2. The number of carbonyl (C=O) groups is 1. The van der Waals surface area contributed by atoms with Crippen LogP contribution < -0.4 is 9.64 Å². The molecule has 5 rings (SSSR count). The second-order valence-corrected chi connectivity index (χ2v) is 7.05. The second kappa shape index (κ2) is 7.63. The van der Waals surface area contributed by atoms with Gasteiger partial charge in [0.15, 0.2) is 11.9 Å². The third-order valence-electron chi connectivity index (χ3n) is 5.14. The number of rotatable bonds is 4. The maximum absolute atomic E-state index is 13.0. The van der Waals surface area contributed by atoms with Crippen molar-refractivity contribution in [1.82, 2.24) is 10.1 Å². The molecule has 2 aliphatic rings. The quantitative estimate of drug-likeness (QED) is 0.672. The molecule has 8 heteroatoms. The minimum absolute atomic E-state index is 0.00997. The molecule has 2 aliphatic heterocycles. The number of fused-ring (bicyclic) bond motifs is 1. The van der Waals surface area contributed by atoms with Gasteiger partial charge >= 0.3 is 0 Å². The Morgan fingerprint density at radius 2 is 1.97 bits per heavy atom. The van der Waals surface area contributed by atoms with E-state index in [1.165, 1.54) is 0 Å². The zero-order valence-electron chi connectivity index (χ0n) is 15.8. The number of nitrogens with zero attached hydrogens (tertiary/aromatic N) is 3. The molecule has 0 saturated carbocycles. The van der Waals surface area contributed by atoms with Gasteiger partial charge in [-0.3, -0.25) is 4.79 Å². The Morgan fingerprint density at radius 1 is 1.10 bits per heavy atom. The zero-order valence-corrected chi connectivity index (χ0v) is 15.8. The van der Waals surface area contributed by atoms with Crippen LogP contribution in [-0.2, 0) is 16.1 Å². The number of anilines is 1.